The number of nitrogens with zero attached hydrogens (tertiary/aromatic N) is 2. The Hall–Kier alpha value is -0.960. The van der Waals surface area contributed by atoms with Gasteiger partial charge >= 0.3 is 21.6 Å². The van der Waals surface area contributed by atoms with Gasteiger partial charge in [-0.1, -0.05) is 0 Å². The first-order chi connectivity index (χ1) is 11.1. The molecule has 0 amide bonds. The molecule has 134 valence electrons. The average Bonchev–Trinajstić information content (AvgIpc) is 2.84. The molecule has 2 rings (SSSR count). The van der Waals surface area contributed by atoms with Crippen LogP contribution in [0.5, 0.6) is 0 Å². The molecule has 0 saturated heterocycles. The van der Waals surface area contributed by atoms with Gasteiger partial charge in [-0.2, -0.15) is 30.8 Å². The summed E-state index contributed by atoms with van der Waals surface area (Å²) < 4.78 is 69.9. The van der Waals surface area contributed by atoms with Gasteiger partial charge in [0.1, 0.15) is 5.76 Å². The van der Waals surface area contributed by atoms with E-state index in [9.17, 15) is 26.4 Å². The van der Waals surface area contributed by atoms with E-state index in [4.69, 9.17) is 4.74 Å². The fourth-order valence-electron chi connectivity index (χ4n) is 1.96. The van der Waals surface area contributed by atoms with E-state index in [0.717, 1.165) is 15.2 Å². The number of fused-ring (bicyclic) bond motifs is 1. The van der Waals surface area contributed by atoms with Crippen molar-refractivity contribution in [1.82, 2.24) is 9.19 Å². The molecule has 0 saturated carbocycles. The topological polar surface area (TPSA) is 87.5 Å². The Morgan fingerprint density at radius 3 is 2.67 bits per heavy atom. The number of allylic oxidation sites excluding steroid dienone is 1. The van der Waals surface area contributed by atoms with Gasteiger partial charge in [0.15, 0.2) is 5.69 Å². The number of rotatable bonds is 5. The van der Waals surface area contributed by atoms with Crippen molar-refractivity contribution in [2.75, 3.05) is 6.61 Å². The lowest BCUT2D eigenvalue weighted by molar-refractivity contribution is -0.0523. The standard InChI is InChI=1S/C11H10F3IN2O5S2/c1-2-21-10(18)9-7-5-6(22-24(19,20)11(12,13)14)3-4-8(7)17(16-9)23-15/h5H,2-4H2,1H3. The summed E-state index contributed by atoms with van der Waals surface area (Å²) in [5, 5.41) is 4.03. The second-order valence-corrected chi connectivity index (χ2v) is 7.67. The van der Waals surface area contributed by atoms with Crippen LogP contribution in [0.25, 0.3) is 6.08 Å². The lowest BCUT2D eigenvalue weighted by atomic mass is 10.0. The van der Waals surface area contributed by atoms with Crippen LogP contribution in [0.1, 0.15) is 35.1 Å². The predicted octanol–water partition coefficient (Wildman–Crippen LogP) is 3.06. The van der Waals surface area contributed by atoms with Crippen molar-refractivity contribution < 1.29 is 35.3 Å². The third-order valence-electron chi connectivity index (χ3n) is 2.94. The number of carbonyl (C=O) groups excluding carboxylic acids is 1. The molecule has 24 heavy (non-hydrogen) atoms. The molecule has 7 nitrogen and oxygen atoms in total. The molecule has 0 bridgehead atoms. The zero-order chi connectivity index (χ0) is 18.1. The smallest absolute Gasteiger partial charge is 0.461 e. The molecule has 1 aliphatic rings. The minimum absolute atomic E-state index is 0.0759. The van der Waals surface area contributed by atoms with Gasteiger partial charge < -0.3 is 8.92 Å². The summed E-state index contributed by atoms with van der Waals surface area (Å²) in [4.78, 5) is 11.9. The number of aromatic nitrogens is 2. The van der Waals surface area contributed by atoms with Gasteiger partial charge in [0.25, 0.3) is 0 Å². The van der Waals surface area contributed by atoms with Crippen LogP contribution in [0, 0.1) is 0 Å². The first kappa shape index (κ1) is 19.4. The Kier molecular flexibility index (Phi) is 5.74. The molecule has 0 spiro atoms. The van der Waals surface area contributed by atoms with E-state index in [1.807, 2.05) is 21.2 Å². The number of esters is 1. The Balaban J connectivity index is 2.43. The molecule has 1 aliphatic carbocycles. The fraction of sp³-hybridized carbons (Fsp3) is 0.455. The van der Waals surface area contributed by atoms with Crippen LogP contribution in [0.4, 0.5) is 13.2 Å². The Morgan fingerprint density at radius 2 is 2.12 bits per heavy atom. The molecule has 1 aromatic rings. The average molecular weight is 498 g/mol. The summed E-state index contributed by atoms with van der Waals surface area (Å²) in [5.74, 6) is -1.17. The molecule has 1 heterocycles. The third-order valence-corrected chi connectivity index (χ3v) is 5.49. The van der Waals surface area contributed by atoms with Gasteiger partial charge in [0.2, 0.25) is 0 Å². The molecule has 0 aromatic carbocycles. The van der Waals surface area contributed by atoms with Crippen LogP contribution < -0.4 is 0 Å². The molecule has 0 unspecified atom stereocenters. The zero-order valence-electron chi connectivity index (χ0n) is 12.0. The van der Waals surface area contributed by atoms with Gasteiger partial charge in [0.05, 0.1) is 12.3 Å². The van der Waals surface area contributed by atoms with Gasteiger partial charge in [-0.25, -0.2) is 4.79 Å². The van der Waals surface area contributed by atoms with Crippen molar-refractivity contribution in [3.8, 4) is 0 Å². The molecule has 13 heteroatoms. The number of ether oxygens (including phenoxy) is 1. The maximum atomic E-state index is 12.4. The van der Waals surface area contributed by atoms with Crippen LogP contribution in [-0.2, 0) is 25.5 Å². The van der Waals surface area contributed by atoms with E-state index in [1.54, 1.807) is 6.92 Å². The van der Waals surface area contributed by atoms with Gasteiger partial charge in [-0.05, 0) is 19.4 Å². The van der Waals surface area contributed by atoms with Crippen molar-refractivity contribution in [3.05, 3.63) is 22.7 Å². The van der Waals surface area contributed by atoms with E-state index in [2.05, 4.69) is 9.28 Å². The van der Waals surface area contributed by atoms with E-state index in [1.165, 1.54) is 4.09 Å². The number of hydrogen-bond donors (Lipinski definition) is 0. The first-order valence-electron chi connectivity index (χ1n) is 6.40. The molecular weight excluding hydrogens is 488 g/mol. The van der Waals surface area contributed by atoms with Crippen LogP contribution in [0.3, 0.4) is 0 Å². The van der Waals surface area contributed by atoms with E-state index < -0.39 is 27.4 Å². The maximum Gasteiger partial charge on any atom is 0.534 e. The van der Waals surface area contributed by atoms with Crippen LogP contribution >= 0.6 is 30.3 Å². The second-order valence-electron chi connectivity index (χ2n) is 4.47. The highest BCUT2D eigenvalue weighted by molar-refractivity contribution is 14.2. The lowest BCUT2D eigenvalue weighted by Gasteiger charge is -2.16. The summed E-state index contributed by atoms with van der Waals surface area (Å²) in [6, 6.07) is 0. The summed E-state index contributed by atoms with van der Waals surface area (Å²) >= 11 is 1.92. The van der Waals surface area contributed by atoms with Gasteiger partial charge in [-0.15, -0.1) is 0 Å². The highest BCUT2D eigenvalue weighted by atomic mass is 127. The van der Waals surface area contributed by atoms with Crippen LogP contribution in [-0.4, -0.2) is 35.7 Å². The molecule has 1 aromatic heterocycles. The van der Waals surface area contributed by atoms with Gasteiger partial charge in [-0.3, -0.25) is 0 Å². The molecule has 0 atom stereocenters. The fourth-order valence-corrected chi connectivity index (χ4v) is 3.83. The SMILES string of the molecule is CCOC(=O)c1nn(SI)c2c1C=C(OS(=O)(=O)C(F)(F)F)CC2. The largest absolute Gasteiger partial charge is 0.534 e. The van der Waals surface area contributed by atoms with Crippen molar-refractivity contribution >= 4 is 52.5 Å². The summed E-state index contributed by atoms with van der Waals surface area (Å²) in [6.07, 6.45) is 1.16. The minimum atomic E-state index is -5.76. The maximum absolute atomic E-state index is 12.4. The first-order valence-corrected chi connectivity index (χ1v) is 11.1. The normalized spacial score (nSPS) is 14.8. The highest BCUT2D eigenvalue weighted by Crippen LogP contribution is 2.34. The van der Waals surface area contributed by atoms with E-state index in [-0.39, 0.29) is 30.7 Å². The summed E-state index contributed by atoms with van der Waals surface area (Å²) in [7, 11) is -4.60. The number of alkyl halides is 3. The molecule has 0 N–H and O–H groups in total. The lowest BCUT2D eigenvalue weighted by Crippen LogP contribution is -2.25. The molecule has 0 fully saturated rings. The zero-order valence-corrected chi connectivity index (χ0v) is 15.8. The van der Waals surface area contributed by atoms with Crippen LogP contribution in [0.15, 0.2) is 5.76 Å². The molecular formula is C11H10F3IN2O5S2. The third kappa shape index (κ3) is 3.82. The van der Waals surface area contributed by atoms with Crippen molar-refractivity contribution in [2.45, 2.75) is 25.3 Å². The van der Waals surface area contributed by atoms with Gasteiger partial charge in [0, 0.05) is 42.3 Å². The highest BCUT2D eigenvalue weighted by Gasteiger charge is 2.49. The van der Waals surface area contributed by atoms with Crippen molar-refractivity contribution in [3.63, 3.8) is 0 Å². The minimum Gasteiger partial charge on any atom is -0.461 e. The van der Waals surface area contributed by atoms with E-state index in [0.29, 0.717) is 5.69 Å². The monoisotopic (exact) mass is 498 g/mol. The Morgan fingerprint density at radius 1 is 1.46 bits per heavy atom. The summed E-state index contributed by atoms with van der Waals surface area (Å²) in [5.41, 5.74) is -4.88. The summed E-state index contributed by atoms with van der Waals surface area (Å²) in [6.45, 7) is 1.68. The van der Waals surface area contributed by atoms with Crippen molar-refractivity contribution in [1.29, 1.82) is 0 Å². The predicted molar refractivity (Wildman–Crippen MR) is 87.6 cm³/mol. The number of halogens is 4. The Labute approximate surface area is 151 Å². The molecule has 0 aliphatic heterocycles. The van der Waals surface area contributed by atoms with Crippen molar-refractivity contribution in [2.24, 2.45) is 0 Å². The Bertz CT molecular complexity index is 788. The number of carbonyl (C=O) groups is 1. The van der Waals surface area contributed by atoms with Crippen LogP contribution in [0.2, 0.25) is 0 Å². The van der Waals surface area contributed by atoms with E-state index >= 15 is 0 Å². The second kappa shape index (κ2) is 7.11. The molecule has 0 radical (unpaired) electrons. The quantitative estimate of drug-likeness (QED) is 0.267. The number of hydrogen-bond acceptors (Lipinski definition) is 7.